The van der Waals surface area contributed by atoms with Crippen LogP contribution in [-0.4, -0.2) is 25.3 Å². The highest BCUT2D eigenvalue weighted by atomic mass is 16.6. The van der Waals surface area contributed by atoms with Crippen molar-refractivity contribution in [2.24, 2.45) is 11.8 Å². The lowest BCUT2D eigenvalue weighted by molar-refractivity contribution is -0.150. The molecule has 1 unspecified atom stereocenters. The number of rotatable bonds is 14. The van der Waals surface area contributed by atoms with Crippen LogP contribution in [-0.2, 0) is 9.53 Å². The smallest absolute Gasteiger partial charge is 0.347 e. The van der Waals surface area contributed by atoms with E-state index in [-0.39, 0.29) is 5.97 Å². The first kappa shape index (κ1) is 27.1. The van der Waals surface area contributed by atoms with Gasteiger partial charge in [0, 0.05) is 0 Å². The Morgan fingerprint density at radius 3 is 1.89 bits per heavy atom. The average molecular weight is 481 g/mol. The molecule has 0 N–H and O–H groups in total. The lowest BCUT2D eigenvalue weighted by atomic mass is 9.78. The minimum Gasteiger partial charge on any atom is -0.494 e. The molecule has 0 radical (unpaired) electrons. The summed E-state index contributed by atoms with van der Waals surface area (Å²) in [5.41, 5.74) is 2.22. The van der Waals surface area contributed by atoms with Gasteiger partial charge in [0.05, 0.1) is 13.2 Å². The minimum absolute atomic E-state index is 0.350. The predicted octanol–water partition coefficient (Wildman–Crippen LogP) is 8.23. The van der Waals surface area contributed by atoms with Gasteiger partial charge in [-0.05, 0) is 73.9 Å². The number of hydrogen-bond acceptors (Lipinski definition) is 4. The van der Waals surface area contributed by atoms with Crippen molar-refractivity contribution < 1.29 is 19.0 Å². The van der Waals surface area contributed by atoms with Crippen LogP contribution in [0.5, 0.6) is 11.5 Å². The van der Waals surface area contributed by atoms with E-state index in [9.17, 15) is 4.79 Å². The molecule has 4 heteroatoms. The van der Waals surface area contributed by atoms with Crippen molar-refractivity contribution in [1.29, 1.82) is 0 Å². The van der Waals surface area contributed by atoms with Crippen LogP contribution >= 0.6 is 0 Å². The van der Waals surface area contributed by atoms with Gasteiger partial charge in [0.25, 0.3) is 0 Å². The van der Waals surface area contributed by atoms with Crippen molar-refractivity contribution in [2.45, 2.75) is 91.1 Å². The topological polar surface area (TPSA) is 44.8 Å². The normalized spacial score (nSPS) is 18.6. The zero-order valence-electron chi connectivity index (χ0n) is 22.0. The van der Waals surface area contributed by atoms with Crippen LogP contribution in [0, 0.1) is 11.8 Å². The fourth-order valence-electron chi connectivity index (χ4n) is 5.04. The Morgan fingerprint density at radius 2 is 1.34 bits per heavy atom. The molecule has 3 rings (SSSR count). The maximum Gasteiger partial charge on any atom is 0.347 e. The molecule has 2 aromatic carbocycles. The Kier molecular flexibility index (Phi) is 11.5. The predicted molar refractivity (Wildman–Crippen MR) is 143 cm³/mol. The Labute approximate surface area is 212 Å². The summed E-state index contributed by atoms with van der Waals surface area (Å²) >= 11 is 0. The molecule has 0 spiro atoms. The number of carbonyl (C=O) groups excluding carboxylic acids is 1. The molecule has 1 aliphatic carbocycles. The van der Waals surface area contributed by atoms with Gasteiger partial charge in [0.2, 0.25) is 0 Å². The first-order valence-electron chi connectivity index (χ1n) is 13.8. The number of benzene rings is 2. The molecule has 1 aliphatic rings. The van der Waals surface area contributed by atoms with Crippen molar-refractivity contribution in [2.75, 3.05) is 13.2 Å². The second kappa shape index (κ2) is 14.8. The first-order chi connectivity index (χ1) is 17.1. The third kappa shape index (κ3) is 9.23. The molecule has 0 saturated heterocycles. The van der Waals surface area contributed by atoms with Gasteiger partial charge in [-0.25, -0.2) is 4.79 Å². The third-order valence-corrected chi connectivity index (χ3v) is 7.18. The molecule has 192 valence electrons. The van der Waals surface area contributed by atoms with E-state index in [1.54, 1.807) is 13.8 Å². The monoisotopic (exact) mass is 480 g/mol. The summed E-state index contributed by atoms with van der Waals surface area (Å²) in [5, 5.41) is 0. The summed E-state index contributed by atoms with van der Waals surface area (Å²) in [6.07, 6.45) is 13.1. The highest BCUT2D eigenvalue weighted by Crippen LogP contribution is 2.34. The standard InChI is InChI=1S/C31H44O4/c1-4-6-7-9-25-11-13-26(14-12-25)10-8-23-34-29-19-15-27(16-20-29)28-17-21-30(22-18-28)35-24(3)31(32)33-5-2/h15-22,24-26H,4-14,23H2,1-3H3. The molecule has 0 aliphatic heterocycles. The van der Waals surface area contributed by atoms with Crippen LogP contribution < -0.4 is 9.47 Å². The Bertz CT molecular complexity index is 851. The molecule has 1 fully saturated rings. The maximum absolute atomic E-state index is 11.7. The van der Waals surface area contributed by atoms with Gasteiger partial charge in [-0.2, -0.15) is 0 Å². The summed E-state index contributed by atoms with van der Waals surface area (Å²) in [4.78, 5) is 11.7. The highest BCUT2D eigenvalue weighted by Gasteiger charge is 2.20. The zero-order chi connectivity index (χ0) is 24.9. The van der Waals surface area contributed by atoms with Crippen LogP contribution in [0.3, 0.4) is 0 Å². The van der Waals surface area contributed by atoms with Gasteiger partial charge in [-0.3, -0.25) is 0 Å². The van der Waals surface area contributed by atoms with Crippen LogP contribution in [0.2, 0.25) is 0 Å². The lowest BCUT2D eigenvalue weighted by Gasteiger charge is -2.28. The lowest BCUT2D eigenvalue weighted by Crippen LogP contribution is -2.25. The van der Waals surface area contributed by atoms with Crippen molar-refractivity contribution in [3.8, 4) is 22.6 Å². The largest absolute Gasteiger partial charge is 0.494 e. The van der Waals surface area contributed by atoms with Crippen molar-refractivity contribution in [1.82, 2.24) is 0 Å². The number of hydrogen-bond donors (Lipinski definition) is 0. The molecular weight excluding hydrogens is 436 g/mol. The quantitative estimate of drug-likeness (QED) is 0.202. The summed E-state index contributed by atoms with van der Waals surface area (Å²) in [7, 11) is 0. The summed E-state index contributed by atoms with van der Waals surface area (Å²) in [5.74, 6) is 3.12. The van der Waals surface area contributed by atoms with Crippen LogP contribution in [0.25, 0.3) is 11.1 Å². The van der Waals surface area contributed by atoms with E-state index in [4.69, 9.17) is 14.2 Å². The fraction of sp³-hybridized carbons (Fsp3) is 0.581. The van der Waals surface area contributed by atoms with Gasteiger partial charge >= 0.3 is 5.97 Å². The number of esters is 1. The van der Waals surface area contributed by atoms with E-state index < -0.39 is 6.10 Å². The Morgan fingerprint density at radius 1 is 0.800 bits per heavy atom. The van der Waals surface area contributed by atoms with Gasteiger partial charge < -0.3 is 14.2 Å². The first-order valence-corrected chi connectivity index (χ1v) is 13.8. The molecule has 0 aromatic heterocycles. The van der Waals surface area contributed by atoms with Gasteiger partial charge in [-0.1, -0.05) is 82.6 Å². The van der Waals surface area contributed by atoms with E-state index in [1.165, 1.54) is 57.8 Å². The molecule has 35 heavy (non-hydrogen) atoms. The van der Waals surface area contributed by atoms with Crippen molar-refractivity contribution in [3.05, 3.63) is 48.5 Å². The van der Waals surface area contributed by atoms with Crippen LogP contribution in [0.1, 0.15) is 85.0 Å². The second-order valence-corrected chi connectivity index (χ2v) is 9.93. The molecule has 2 aromatic rings. The van der Waals surface area contributed by atoms with E-state index >= 15 is 0 Å². The average Bonchev–Trinajstić information content (AvgIpc) is 2.88. The Hall–Kier alpha value is -2.49. The summed E-state index contributed by atoms with van der Waals surface area (Å²) < 4.78 is 16.7. The van der Waals surface area contributed by atoms with E-state index in [0.717, 1.165) is 41.7 Å². The zero-order valence-corrected chi connectivity index (χ0v) is 22.0. The van der Waals surface area contributed by atoms with Gasteiger partial charge in [0.1, 0.15) is 11.5 Å². The molecular formula is C31H44O4. The summed E-state index contributed by atoms with van der Waals surface area (Å²) in [6.45, 7) is 6.92. The van der Waals surface area contributed by atoms with Crippen molar-refractivity contribution in [3.63, 3.8) is 0 Å². The van der Waals surface area contributed by atoms with E-state index in [0.29, 0.717) is 12.4 Å². The minimum atomic E-state index is -0.622. The molecule has 0 bridgehead atoms. The van der Waals surface area contributed by atoms with Gasteiger partial charge in [-0.15, -0.1) is 0 Å². The number of unbranched alkanes of at least 4 members (excludes halogenated alkanes) is 2. The highest BCUT2D eigenvalue weighted by molar-refractivity contribution is 5.74. The Balaban J connectivity index is 1.35. The second-order valence-electron chi connectivity index (χ2n) is 9.93. The molecule has 0 heterocycles. The number of ether oxygens (including phenoxy) is 3. The maximum atomic E-state index is 11.7. The van der Waals surface area contributed by atoms with Crippen LogP contribution in [0.4, 0.5) is 0 Å². The van der Waals surface area contributed by atoms with E-state index in [2.05, 4.69) is 19.1 Å². The van der Waals surface area contributed by atoms with Crippen LogP contribution in [0.15, 0.2) is 48.5 Å². The molecule has 1 saturated carbocycles. The molecule has 4 nitrogen and oxygen atoms in total. The fourth-order valence-corrected chi connectivity index (χ4v) is 5.04. The number of carbonyl (C=O) groups is 1. The van der Waals surface area contributed by atoms with Crippen molar-refractivity contribution >= 4 is 5.97 Å². The van der Waals surface area contributed by atoms with E-state index in [1.807, 2.05) is 36.4 Å². The molecule has 0 amide bonds. The van der Waals surface area contributed by atoms with Gasteiger partial charge in [0.15, 0.2) is 6.10 Å². The molecule has 1 atom stereocenters. The third-order valence-electron chi connectivity index (χ3n) is 7.18. The summed E-state index contributed by atoms with van der Waals surface area (Å²) in [6, 6.07) is 16.0. The SMILES string of the molecule is CCCCCC1CCC(CCCOc2ccc(-c3ccc(OC(C)C(=O)OCC)cc3)cc2)CC1.